The number of benzene rings is 1. The normalized spacial score (nSPS) is 16.1. The molecule has 2 N–H and O–H groups in total. The first kappa shape index (κ1) is 13.7. The van der Waals surface area contributed by atoms with Crippen LogP contribution in [0.15, 0.2) is 70.3 Å². The maximum Gasteiger partial charge on any atom is 0.258 e. The minimum absolute atomic E-state index is 0.130. The van der Waals surface area contributed by atoms with E-state index in [1.165, 1.54) is 23.9 Å². The second kappa shape index (κ2) is 6.01. The smallest absolute Gasteiger partial charge is 0.258 e. The Bertz CT molecular complexity index is 687. The molecule has 0 spiro atoms. The van der Waals surface area contributed by atoms with Gasteiger partial charge in [0.1, 0.15) is 5.82 Å². The molecule has 2 aliphatic rings. The van der Waals surface area contributed by atoms with Gasteiger partial charge >= 0.3 is 0 Å². The molecular formula is C16H13FN2OS. The summed E-state index contributed by atoms with van der Waals surface area (Å²) in [4.78, 5) is 12.8. The van der Waals surface area contributed by atoms with Crippen molar-refractivity contribution in [3.8, 4) is 0 Å². The fraction of sp³-hybridized carbons (Fsp3) is 0.0625. The van der Waals surface area contributed by atoms with Gasteiger partial charge in [0.05, 0.1) is 4.91 Å². The molecule has 0 fully saturated rings. The summed E-state index contributed by atoms with van der Waals surface area (Å²) < 4.78 is 12.8. The first-order valence-electron chi connectivity index (χ1n) is 6.47. The van der Waals surface area contributed by atoms with E-state index in [4.69, 9.17) is 0 Å². The van der Waals surface area contributed by atoms with Crippen LogP contribution >= 0.6 is 11.8 Å². The van der Waals surface area contributed by atoms with Crippen LogP contribution in [0.2, 0.25) is 0 Å². The number of thioether (sulfide) groups is 1. The van der Waals surface area contributed by atoms with Gasteiger partial charge < -0.3 is 10.6 Å². The molecule has 0 radical (unpaired) electrons. The molecule has 1 aromatic rings. The van der Waals surface area contributed by atoms with Gasteiger partial charge in [-0.05, 0) is 46.4 Å². The molecule has 0 bridgehead atoms. The molecule has 106 valence electrons. The Morgan fingerprint density at radius 2 is 2.05 bits per heavy atom. The third kappa shape index (κ3) is 3.25. The van der Waals surface area contributed by atoms with Gasteiger partial charge in [-0.2, -0.15) is 0 Å². The van der Waals surface area contributed by atoms with Crippen LogP contribution in [-0.2, 0) is 11.3 Å². The predicted octanol–water partition coefficient (Wildman–Crippen LogP) is 2.96. The molecule has 1 amide bonds. The van der Waals surface area contributed by atoms with E-state index < -0.39 is 0 Å². The van der Waals surface area contributed by atoms with E-state index in [1.807, 2.05) is 30.0 Å². The maximum absolute atomic E-state index is 12.8. The predicted molar refractivity (Wildman–Crippen MR) is 82.4 cm³/mol. The number of dihydropyridines is 1. The van der Waals surface area contributed by atoms with Crippen molar-refractivity contribution in [2.45, 2.75) is 6.54 Å². The van der Waals surface area contributed by atoms with E-state index >= 15 is 0 Å². The Balaban J connectivity index is 1.63. The third-order valence-corrected chi connectivity index (χ3v) is 4.05. The number of amides is 1. The van der Waals surface area contributed by atoms with Crippen molar-refractivity contribution in [1.29, 1.82) is 0 Å². The van der Waals surface area contributed by atoms with E-state index in [0.29, 0.717) is 11.4 Å². The lowest BCUT2D eigenvalue weighted by Crippen LogP contribution is -2.24. The fourth-order valence-electron chi connectivity index (χ4n) is 1.98. The largest absolute Gasteiger partial charge is 0.367 e. The lowest BCUT2D eigenvalue weighted by molar-refractivity contribution is -0.116. The van der Waals surface area contributed by atoms with E-state index in [2.05, 4.69) is 10.6 Å². The van der Waals surface area contributed by atoms with E-state index in [1.54, 1.807) is 12.1 Å². The van der Waals surface area contributed by atoms with Crippen LogP contribution in [0.1, 0.15) is 5.56 Å². The summed E-state index contributed by atoms with van der Waals surface area (Å²) >= 11 is 1.40. The first-order valence-corrected chi connectivity index (χ1v) is 7.35. The second-order valence-corrected chi connectivity index (χ2v) is 5.52. The lowest BCUT2D eigenvalue weighted by atomic mass is 10.1. The summed E-state index contributed by atoms with van der Waals surface area (Å²) in [7, 11) is 0. The standard InChI is InChI=1S/C16H13FN2OS/c17-14-3-1-11(2-4-14)8-19-16(20)15-7-13-9-18-6-5-12(13)10-21-15/h1-7,9-10,18H,8H2,(H,19,20). The summed E-state index contributed by atoms with van der Waals surface area (Å²) in [5.74, 6) is -0.409. The number of allylic oxidation sites excluding steroid dienone is 4. The van der Waals surface area contributed by atoms with E-state index in [-0.39, 0.29) is 11.7 Å². The molecule has 0 saturated heterocycles. The zero-order chi connectivity index (χ0) is 14.7. The minimum Gasteiger partial charge on any atom is -0.367 e. The van der Waals surface area contributed by atoms with Gasteiger partial charge in [-0.3, -0.25) is 4.79 Å². The number of rotatable bonds is 3. The zero-order valence-electron chi connectivity index (χ0n) is 11.1. The zero-order valence-corrected chi connectivity index (χ0v) is 11.9. The Kier molecular flexibility index (Phi) is 3.92. The van der Waals surface area contributed by atoms with Crippen molar-refractivity contribution in [3.63, 3.8) is 0 Å². The van der Waals surface area contributed by atoms with Crippen molar-refractivity contribution in [2.24, 2.45) is 0 Å². The van der Waals surface area contributed by atoms with Gasteiger partial charge in [-0.1, -0.05) is 23.9 Å². The number of fused-ring (bicyclic) bond motifs is 1. The molecule has 0 atom stereocenters. The van der Waals surface area contributed by atoms with Crippen LogP contribution in [0.25, 0.3) is 0 Å². The average Bonchev–Trinajstić information content (AvgIpc) is 2.53. The summed E-state index contributed by atoms with van der Waals surface area (Å²) in [6.45, 7) is 0.380. The molecule has 3 rings (SSSR count). The Labute approximate surface area is 126 Å². The molecule has 0 aliphatic carbocycles. The number of carbonyl (C=O) groups is 1. The highest BCUT2D eigenvalue weighted by Gasteiger charge is 2.16. The van der Waals surface area contributed by atoms with Gasteiger partial charge in [0.15, 0.2) is 0 Å². The summed E-state index contributed by atoms with van der Waals surface area (Å²) in [6, 6.07) is 6.09. The van der Waals surface area contributed by atoms with Crippen LogP contribution in [-0.4, -0.2) is 5.91 Å². The van der Waals surface area contributed by atoms with Gasteiger partial charge in [-0.25, -0.2) is 4.39 Å². The first-order chi connectivity index (χ1) is 10.2. The van der Waals surface area contributed by atoms with Crippen molar-refractivity contribution in [2.75, 3.05) is 0 Å². The summed E-state index contributed by atoms with van der Waals surface area (Å²) in [6.07, 6.45) is 7.53. The highest BCUT2D eigenvalue weighted by atomic mass is 32.2. The van der Waals surface area contributed by atoms with Crippen LogP contribution in [0.4, 0.5) is 4.39 Å². The Hall–Kier alpha value is -2.27. The van der Waals surface area contributed by atoms with Crippen LogP contribution in [0.5, 0.6) is 0 Å². The lowest BCUT2D eigenvalue weighted by Gasteiger charge is -2.16. The topological polar surface area (TPSA) is 41.1 Å². The molecule has 3 nitrogen and oxygen atoms in total. The van der Waals surface area contributed by atoms with E-state index in [9.17, 15) is 9.18 Å². The maximum atomic E-state index is 12.8. The average molecular weight is 300 g/mol. The molecule has 1 aromatic carbocycles. The van der Waals surface area contributed by atoms with Crippen LogP contribution in [0.3, 0.4) is 0 Å². The monoisotopic (exact) mass is 300 g/mol. The Morgan fingerprint density at radius 1 is 1.24 bits per heavy atom. The number of nitrogens with one attached hydrogen (secondary N) is 2. The highest BCUT2D eigenvalue weighted by molar-refractivity contribution is 8.06. The van der Waals surface area contributed by atoms with Crippen LogP contribution in [0, 0.1) is 5.82 Å². The number of carbonyl (C=O) groups excluding carboxylic acids is 1. The second-order valence-electron chi connectivity index (χ2n) is 4.61. The molecule has 0 saturated carbocycles. The Morgan fingerprint density at radius 3 is 2.86 bits per heavy atom. The van der Waals surface area contributed by atoms with Crippen LogP contribution < -0.4 is 10.6 Å². The number of halogens is 1. The molecule has 2 aliphatic heterocycles. The van der Waals surface area contributed by atoms with Gasteiger partial charge in [0, 0.05) is 18.9 Å². The minimum atomic E-state index is -0.280. The van der Waals surface area contributed by atoms with Crippen molar-refractivity contribution < 1.29 is 9.18 Å². The van der Waals surface area contributed by atoms with Crippen molar-refractivity contribution in [3.05, 3.63) is 81.7 Å². The fourth-order valence-corrected chi connectivity index (χ4v) is 2.82. The quantitative estimate of drug-likeness (QED) is 0.902. The molecule has 21 heavy (non-hydrogen) atoms. The van der Waals surface area contributed by atoms with Gasteiger partial charge in [0.25, 0.3) is 5.91 Å². The van der Waals surface area contributed by atoms with Crippen molar-refractivity contribution in [1.82, 2.24) is 10.6 Å². The SMILES string of the molecule is O=C(NCc1ccc(F)cc1)C1=CC2=CNC=CC2=CS1. The summed E-state index contributed by atoms with van der Waals surface area (Å²) in [5.41, 5.74) is 2.95. The summed E-state index contributed by atoms with van der Waals surface area (Å²) in [5, 5.41) is 7.79. The van der Waals surface area contributed by atoms with Gasteiger partial charge in [0.2, 0.25) is 0 Å². The highest BCUT2D eigenvalue weighted by Crippen LogP contribution is 2.31. The molecule has 0 aromatic heterocycles. The van der Waals surface area contributed by atoms with Gasteiger partial charge in [-0.15, -0.1) is 0 Å². The number of hydrogen-bond donors (Lipinski definition) is 2. The van der Waals surface area contributed by atoms with E-state index in [0.717, 1.165) is 16.7 Å². The molecule has 0 unspecified atom stereocenters. The molecule has 2 heterocycles. The molecule has 5 heteroatoms. The van der Waals surface area contributed by atoms with Crippen molar-refractivity contribution >= 4 is 17.7 Å². The number of hydrogen-bond acceptors (Lipinski definition) is 3. The third-order valence-electron chi connectivity index (χ3n) is 3.12. The molecular weight excluding hydrogens is 287 g/mol.